The van der Waals surface area contributed by atoms with Crippen LogP contribution in [-0.2, 0) is 4.79 Å². The molecule has 0 bridgehead atoms. The van der Waals surface area contributed by atoms with Gasteiger partial charge >= 0.3 is 0 Å². The zero-order valence-electron chi connectivity index (χ0n) is 9.37. The number of aromatic hydroxyl groups is 1. The summed E-state index contributed by atoms with van der Waals surface area (Å²) in [6.07, 6.45) is 1.87. The average Bonchev–Trinajstić information content (AvgIpc) is 2.23. The highest BCUT2D eigenvalue weighted by Gasteiger charge is 2.14. The minimum absolute atomic E-state index is 0.0623. The van der Waals surface area contributed by atoms with Crippen LogP contribution < -0.4 is 5.32 Å². The summed E-state index contributed by atoms with van der Waals surface area (Å²) in [4.78, 5) is 11.7. The molecule has 0 aliphatic carbocycles. The van der Waals surface area contributed by atoms with Crippen LogP contribution in [-0.4, -0.2) is 22.5 Å². The minimum atomic E-state index is -0.140. The highest BCUT2D eigenvalue weighted by molar-refractivity contribution is 9.10. The molecule has 3 nitrogen and oxygen atoms in total. The molecule has 88 valence electrons. The molecule has 5 heteroatoms. The van der Waals surface area contributed by atoms with Gasteiger partial charge in [-0.25, -0.2) is 0 Å². The van der Waals surface area contributed by atoms with Crippen molar-refractivity contribution in [3.8, 4) is 5.75 Å². The molecule has 0 saturated carbocycles. The molecule has 0 aromatic heterocycles. The Kier molecular flexibility index (Phi) is 4.68. The first kappa shape index (κ1) is 13.4. The van der Waals surface area contributed by atoms with Gasteiger partial charge in [-0.2, -0.15) is 11.8 Å². The first-order valence-electron chi connectivity index (χ1n) is 4.78. The number of phenolic OH excluding ortho intramolecular Hbond substituents is 1. The van der Waals surface area contributed by atoms with E-state index in [-0.39, 0.29) is 16.9 Å². The highest BCUT2D eigenvalue weighted by Crippen LogP contribution is 2.33. The van der Waals surface area contributed by atoms with Crippen molar-refractivity contribution in [3.63, 3.8) is 0 Å². The second-order valence-corrected chi connectivity index (χ2v) is 5.54. The molecule has 0 aliphatic rings. The van der Waals surface area contributed by atoms with Crippen LogP contribution in [0.4, 0.5) is 5.69 Å². The summed E-state index contributed by atoms with van der Waals surface area (Å²) in [5, 5.41) is 12.3. The fourth-order valence-electron chi connectivity index (χ4n) is 1.17. The number of carbonyl (C=O) groups excluding carboxylic acids is 1. The van der Waals surface area contributed by atoms with Gasteiger partial charge in [-0.1, -0.05) is 0 Å². The molecular formula is C11H14BrNO2S. The molecule has 0 aliphatic heterocycles. The number of anilines is 1. The molecule has 2 N–H and O–H groups in total. The SMILES string of the molecule is CS[C@H](C)C(=O)Nc1cc(C)cc(Br)c1O. The van der Waals surface area contributed by atoms with Gasteiger partial charge in [-0.15, -0.1) is 0 Å². The van der Waals surface area contributed by atoms with Crippen LogP contribution >= 0.6 is 27.7 Å². The summed E-state index contributed by atoms with van der Waals surface area (Å²) in [7, 11) is 0. The number of nitrogens with one attached hydrogen (secondary N) is 1. The summed E-state index contributed by atoms with van der Waals surface area (Å²) < 4.78 is 0.583. The maximum absolute atomic E-state index is 11.7. The molecule has 0 heterocycles. The van der Waals surface area contributed by atoms with Crippen LogP contribution in [0.25, 0.3) is 0 Å². The smallest absolute Gasteiger partial charge is 0.237 e. The maximum Gasteiger partial charge on any atom is 0.237 e. The van der Waals surface area contributed by atoms with E-state index in [1.165, 1.54) is 11.8 Å². The maximum atomic E-state index is 11.7. The van der Waals surface area contributed by atoms with Crippen LogP contribution in [0.5, 0.6) is 5.75 Å². The summed E-state index contributed by atoms with van der Waals surface area (Å²) >= 11 is 4.70. The predicted molar refractivity (Wildman–Crippen MR) is 72.2 cm³/mol. The van der Waals surface area contributed by atoms with Crippen molar-refractivity contribution in [1.82, 2.24) is 0 Å². The highest BCUT2D eigenvalue weighted by atomic mass is 79.9. The van der Waals surface area contributed by atoms with E-state index in [1.807, 2.05) is 20.1 Å². The lowest BCUT2D eigenvalue weighted by Crippen LogP contribution is -2.22. The van der Waals surface area contributed by atoms with E-state index in [9.17, 15) is 9.90 Å². The largest absolute Gasteiger partial charge is 0.505 e. The molecule has 0 radical (unpaired) electrons. The number of phenols is 1. The zero-order chi connectivity index (χ0) is 12.3. The van der Waals surface area contributed by atoms with Gasteiger partial charge in [0.1, 0.15) is 0 Å². The molecule has 1 atom stereocenters. The third-order valence-corrected chi connectivity index (χ3v) is 3.71. The number of halogens is 1. The molecule has 0 fully saturated rings. The Morgan fingerprint density at radius 2 is 2.19 bits per heavy atom. The first-order chi connectivity index (χ1) is 7.45. The van der Waals surface area contributed by atoms with Gasteiger partial charge in [0.15, 0.2) is 5.75 Å². The van der Waals surface area contributed by atoms with E-state index in [1.54, 1.807) is 12.1 Å². The lowest BCUT2D eigenvalue weighted by molar-refractivity contribution is -0.115. The van der Waals surface area contributed by atoms with Crippen molar-refractivity contribution in [2.75, 3.05) is 11.6 Å². The summed E-state index contributed by atoms with van der Waals surface area (Å²) in [5.41, 5.74) is 1.41. The lowest BCUT2D eigenvalue weighted by Gasteiger charge is -2.12. The summed E-state index contributed by atoms with van der Waals surface area (Å²) in [6, 6.07) is 3.54. The standard InChI is InChI=1S/C11H14BrNO2S/c1-6-4-8(12)10(14)9(5-6)13-11(15)7(2)16-3/h4-5,7,14H,1-3H3,(H,13,15)/t7-/m1/s1. The van der Waals surface area contributed by atoms with E-state index in [0.29, 0.717) is 10.2 Å². The Balaban J connectivity index is 2.93. The molecule has 1 aromatic carbocycles. The Labute approximate surface area is 108 Å². The average molecular weight is 304 g/mol. The van der Waals surface area contributed by atoms with Crippen LogP contribution in [0.3, 0.4) is 0 Å². The third kappa shape index (κ3) is 3.15. The molecule has 0 unspecified atom stereocenters. The van der Waals surface area contributed by atoms with Crippen molar-refractivity contribution in [3.05, 3.63) is 22.2 Å². The van der Waals surface area contributed by atoms with Crippen molar-refractivity contribution < 1.29 is 9.90 Å². The van der Waals surface area contributed by atoms with Gasteiger partial charge in [-0.3, -0.25) is 4.79 Å². The number of hydrogen-bond acceptors (Lipinski definition) is 3. The van der Waals surface area contributed by atoms with E-state index < -0.39 is 0 Å². The van der Waals surface area contributed by atoms with Crippen molar-refractivity contribution in [2.24, 2.45) is 0 Å². The number of carbonyl (C=O) groups is 1. The Morgan fingerprint density at radius 3 is 2.75 bits per heavy atom. The first-order valence-corrected chi connectivity index (χ1v) is 6.86. The molecule has 1 rings (SSSR count). The van der Waals surface area contributed by atoms with Crippen LogP contribution in [0.2, 0.25) is 0 Å². The van der Waals surface area contributed by atoms with Crippen LogP contribution in [0.1, 0.15) is 12.5 Å². The van der Waals surface area contributed by atoms with Crippen LogP contribution in [0, 0.1) is 6.92 Å². The number of thioether (sulfide) groups is 1. The van der Waals surface area contributed by atoms with Gasteiger partial charge in [0, 0.05) is 0 Å². The molecule has 1 aromatic rings. The molecule has 0 spiro atoms. The molecule has 16 heavy (non-hydrogen) atoms. The van der Waals surface area contributed by atoms with Crippen molar-refractivity contribution >= 4 is 39.3 Å². The van der Waals surface area contributed by atoms with Crippen molar-refractivity contribution in [2.45, 2.75) is 19.1 Å². The van der Waals surface area contributed by atoms with Gasteiger partial charge in [0.2, 0.25) is 5.91 Å². The van der Waals surface area contributed by atoms with E-state index in [4.69, 9.17) is 0 Å². The van der Waals surface area contributed by atoms with Crippen molar-refractivity contribution in [1.29, 1.82) is 0 Å². The molecule has 0 saturated heterocycles. The Bertz CT molecular complexity index is 409. The topological polar surface area (TPSA) is 49.3 Å². The normalized spacial score (nSPS) is 12.2. The van der Waals surface area contributed by atoms with Crippen LogP contribution in [0.15, 0.2) is 16.6 Å². The third-order valence-electron chi connectivity index (χ3n) is 2.19. The van der Waals surface area contributed by atoms with Gasteiger partial charge < -0.3 is 10.4 Å². The Morgan fingerprint density at radius 1 is 1.56 bits per heavy atom. The fraction of sp³-hybridized carbons (Fsp3) is 0.364. The fourth-order valence-corrected chi connectivity index (χ4v) is 2.02. The molecular weight excluding hydrogens is 290 g/mol. The number of hydrogen-bond donors (Lipinski definition) is 2. The molecule has 1 amide bonds. The van der Waals surface area contributed by atoms with E-state index in [2.05, 4.69) is 21.2 Å². The minimum Gasteiger partial charge on any atom is -0.505 e. The van der Waals surface area contributed by atoms with E-state index in [0.717, 1.165) is 5.56 Å². The number of amides is 1. The van der Waals surface area contributed by atoms with Gasteiger partial charge in [-0.05, 0) is 53.7 Å². The number of rotatable bonds is 3. The van der Waals surface area contributed by atoms with E-state index >= 15 is 0 Å². The van der Waals surface area contributed by atoms with Gasteiger partial charge in [0.25, 0.3) is 0 Å². The zero-order valence-corrected chi connectivity index (χ0v) is 11.8. The van der Waals surface area contributed by atoms with Gasteiger partial charge in [0.05, 0.1) is 15.4 Å². The lowest BCUT2D eigenvalue weighted by atomic mass is 10.2. The second-order valence-electron chi connectivity index (χ2n) is 3.51. The quantitative estimate of drug-likeness (QED) is 0.843. The predicted octanol–water partition coefficient (Wildman–Crippen LogP) is 3.15. The number of aryl methyl sites for hydroxylation is 1. The Hall–Kier alpha value is -0.680. The summed E-state index contributed by atoms with van der Waals surface area (Å²) in [5.74, 6) is -0.0486. The second kappa shape index (κ2) is 5.59. The monoisotopic (exact) mass is 303 g/mol. The summed E-state index contributed by atoms with van der Waals surface area (Å²) in [6.45, 7) is 3.72. The number of benzene rings is 1.